The monoisotopic (exact) mass is 226 g/mol. The normalized spacial score (nSPS) is 10.1. The van der Waals surface area contributed by atoms with E-state index in [4.69, 9.17) is 20.1 Å². The summed E-state index contributed by atoms with van der Waals surface area (Å²) < 4.78 is 2.48. The second kappa shape index (κ2) is 6.03. The van der Waals surface area contributed by atoms with E-state index in [1.54, 1.807) is 4.68 Å². The Labute approximate surface area is 94.2 Å². The fraction of sp³-hybridized carbons (Fsp3) is 0.571. The number of hydrogen-bond acceptors (Lipinski definition) is 4. The third-order valence-corrected chi connectivity index (χ3v) is 2.70. The van der Waals surface area contributed by atoms with Gasteiger partial charge >= 0.3 is 0 Å². The van der Waals surface area contributed by atoms with Crippen LogP contribution in [0.15, 0.2) is 6.20 Å². The third kappa shape index (κ3) is 3.67. The van der Waals surface area contributed by atoms with Gasteiger partial charge in [-0.25, -0.2) is 0 Å². The SMILES string of the molecule is [B]CCn1cc(CNC(=S)SC)nn1. The Balaban J connectivity index is 2.39. The molecule has 0 aliphatic heterocycles. The van der Waals surface area contributed by atoms with Crippen LogP contribution in [0.2, 0.25) is 6.32 Å². The van der Waals surface area contributed by atoms with E-state index >= 15 is 0 Å². The van der Waals surface area contributed by atoms with Gasteiger partial charge in [0, 0.05) is 6.54 Å². The lowest BCUT2D eigenvalue weighted by Crippen LogP contribution is -2.17. The van der Waals surface area contributed by atoms with E-state index < -0.39 is 0 Å². The molecule has 0 saturated heterocycles. The molecule has 0 fully saturated rings. The molecule has 1 N–H and O–H groups in total. The van der Waals surface area contributed by atoms with Crippen molar-refractivity contribution in [1.82, 2.24) is 20.3 Å². The number of rotatable bonds is 4. The van der Waals surface area contributed by atoms with Crippen molar-refractivity contribution in [2.75, 3.05) is 6.26 Å². The lowest BCUT2D eigenvalue weighted by atomic mass is 10.1. The predicted molar refractivity (Wildman–Crippen MR) is 63.5 cm³/mol. The number of nitrogens with one attached hydrogen (secondary N) is 1. The lowest BCUT2D eigenvalue weighted by Gasteiger charge is -2.00. The van der Waals surface area contributed by atoms with Gasteiger partial charge in [-0.2, -0.15) is 0 Å². The molecule has 4 nitrogen and oxygen atoms in total. The molecule has 0 unspecified atom stereocenters. The van der Waals surface area contributed by atoms with Gasteiger partial charge in [0.1, 0.15) is 10.0 Å². The minimum absolute atomic E-state index is 0.569. The summed E-state index contributed by atoms with van der Waals surface area (Å²) in [5, 5.41) is 10.9. The van der Waals surface area contributed by atoms with Gasteiger partial charge in [0.05, 0.1) is 20.6 Å². The summed E-state index contributed by atoms with van der Waals surface area (Å²) in [6.45, 7) is 1.31. The van der Waals surface area contributed by atoms with E-state index in [1.165, 1.54) is 11.8 Å². The molecular formula is C7H11BN4S2. The molecule has 0 aromatic carbocycles. The van der Waals surface area contributed by atoms with Crippen LogP contribution >= 0.6 is 24.0 Å². The van der Waals surface area contributed by atoms with E-state index in [0.717, 1.165) is 10.0 Å². The lowest BCUT2D eigenvalue weighted by molar-refractivity contribution is 0.626. The second-order valence-electron chi connectivity index (χ2n) is 2.61. The number of thioether (sulfide) groups is 1. The Morgan fingerprint density at radius 3 is 3.21 bits per heavy atom. The third-order valence-electron chi connectivity index (χ3n) is 1.54. The van der Waals surface area contributed by atoms with Crippen LogP contribution in [0.5, 0.6) is 0 Å². The van der Waals surface area contributed by atoms with E-state index in [9.17, 15) is 0 Å². The summed E-state index contributed by atoms with van der Waals surface area (Å²) in [6, 6.07) is 0. The van der Waals surface area contributed by atoms with Crippen molar-refractivity contribution in [2.45, 2.75) is 19.4 Å². The van der Waals surface area contributed by atoms with Gasteiger partial charge in [0.2, 0.25) is 0 Å². The Kier molecular flexibility index (Phi) is 4.96. The van der Waals surface area contributed by atoms with Gasteiger partial charge < -0.3 is 5.32 Å². The van der Waals surface area contributed by atoms with Crippen molar-refractivity contribution in [3.05, 3.63) is 11.9 Å². The molecule has 74 valence electrons. The van der Waals surface area contributed by atoms with Crippen LogP contribution < -0.4 is 5.32 Å². The summed E-state index contributed by atoms with van der Waals surface area (Å²) in [7, 11) is 5.39. The topological polar surface area (TPSA) is 42.7 Å². The summed E-state index contributed by atoms with van der Waals surface area (Å²) in [6.07, 6.45) is 4.36. The quantitative estimate of drug-likeness (QED) is 0.601. The van der Waals surface area contributed by atoms with Crippen molar-refractivity contribution in [2.24, 2.45) is 0 Å². The van der Waals surface area contributed by atoms with Crippen molar-refractivity contribution in [3.63, 3.8) is 0 Å². The molecule has 0 atom stereocenters. The molecule has 1 aromatic rings. The molecule has 1 aromatic heterocycles. The highest BCUT2D eigenvalue weighted by molar-refractivity contribution is 8.22. The van der Waals surface area contributed by atoms with Crippen LogP contribution in [0.3, 0.4) is 0 Å². The average molecular weight is 226 g/mol. The molecule has 0 saturated carbocycles. The Bertz CT molecular complexity index is 302. The smallest absolute Gasteiger partial charge is 0.133 e. The van der Waals surface area contributed by atoms with Crippen LogP contribution in [-0.4, -0.2) is 33.4 Å². The molecule has 2 radical (unpaired) electrons. The zero-order valence-corrected chi connectivity index (χ0v) is 9.57. The van der Waals surface area contributed by atoms with Gasteiger partial charge in [-0.05, 0) is 6.26 Å². The second-order valence-corrected chi connectivity index (χ2v) is 4.09. The summed E-state index contributed by atoms with van der Waals surface area (Å²) in [4.78, 5) is 0. The first-order chi connectivity index (χ1) is 6.76. The number of aromatic nitrogens is 3. The average Bonchev–Trinajstić information content (AvgIpc) is 2.63. The maximum atomic E-state index is 5.39. The Morgan fingerprint density at radius 2 is 2.57 bits per heavy atom. The standard InChI is InChI=1S/C7H11BN4S2/c1-14-7(13)9-4-6-5-12(3-2-8)11-10-6/h5H,2-4H2,1H3,(H,9,13). The molecule has 14 heavy (non-hydrogen) atoms. The zero-order valence-electron chi connectivity index (χ0n) is 7.93. The molecule has 0 spiro atoms. The van der Waals surface area contributed by atoms with Crippen molar-refractivity contribution in [1.29, 1.82) is 0 Å². The summed E-state index contributed by atoms with van der Waals surface area (Å²) >= 11 is 6.50. The molecular weight excluding hydrogens is 215 g/mol. The molecule has 0 aliphatic rings. The molecule has 7 heteroatoms. The zero-order chi connectivity index (χ0) is 10.4. The Hall–Kier alpha value is -0.555. The molecule has 0 bridgehead atoms. The Morgan fingerprint density at radius 1 is 1.79 bits per heavy atom. The maximum Gasteiger partial charge on any atom is 0.133 e. The first-order valence-corrected chi connectivity index (χ1v) is 5.80. The van der Waals surface area contributed by atoms with Crippen molar-refractivity contribution < 1.29 is 0 Å². The number of nitrogens with zero attached hydrogens (tertiary/aromatic N) is 3. The molecule has 1 rings (SSSR count). The highest BCUT2D eigenvalue weighted by Gasteiger charge is 2.00. The fourth-order valence-corrected chi connectivity index (χ4v) is 1.18. The molecule has 0 amide bonds. The van der Waals surface area contributed by atoms with E-state index in [0.29, 0.717) is 19.4 Å². The first kappa shape index (κ1) is 11.5. The van der Waals surface area contributed by atoms with Crippen LogP contribution in [0, 0.1) is 0 Å². The number of thiocarbonyl (C=S) groups is 1. The van der Waals surface area contributed by atoms with Gasteiger partial charge in [0.15, 0.2) is 0 Å². The fourth-order valence-electron chi connectivity index (χ4n) is 0.896. The molecule has 1 heterocycles. The van der Waals surface area contributed by atoms with Crippen LogP contribution in [0.4, 0.5) is 0 Å². The predicted octanol–water partition coefficient (Wildman–Crippen LogP) is 0.602. The highest BCUT2D eigenvalue weighted by Crippen LogP contribution is 1.97. The van der Waals surface area contributed by atoms with Gasteiger partial charge in [-0.15, -0.1) is 16.9 Å². The maximum absolute atomic E-state index is 5.39. The molecule has 0 aliphatic carbocycles. The van der Waals surface area contributed by atoms with Gasteiger partial charge in [0.25, 0.3) is 0 Å². The van der Waals surface area contributed by atoms with E-state index in [-0.39, 0.29) is 0 Å². The summed E-state index contributed by atoms with van der Waals surface area (Å²) in [5.74, 6) is 0. The van der Waals surface area contributed by atoms with Crippen molar-refractivity contribution >= 4 is 36.1 Å². The van der Waals surface area contributed by atoms with Gasteiger partial charge in [-0.1, -0.05) is 23.8 Å². The number of hydrogen-bond donors (Lipinski definition) is 1. The minimum Gasteiger partial charge on any atom is -0.365 e. The van der Waals surface area contributed by atoms with Gasteiger partial charge in [-0.3, -0.25) is 4.68 Å². The van der Waals surface area contributed by atoms with Crippen LogP contribution in [-0.2, 0) is 13.1 Å². The van der Waals surface area contributed by atoms with E-state index in [1.807, 2.05) is 12.5 Å². The van der Waals surface area contributed by atoms with Crippen LogP contribution in [0.1, 0.15) is 5.69 Å². The van der Waals surface area contributed by atoms with Crippen molar-refractivity contribution in [3.8, 4) is 0 Å². The number of aryl methyl sites for hydroxylation is 1. The summed E-state index contributed by atoms with van der Waals surface area (Å²) in [5.41, 5.74) is 0.870. The van der Waals surface area contributed by atoms with Crippen LogP contribution in [0.25, 0.3) is 0 Å². The minimum atomic E-state index is 0.569. The highest BCUT2D eigenvalue weighted by atomic mass is 32.2. The largest absolute Gasteiger partial charge is 0.365 e. The van der Waals surface area contributed by atoms with E-state index in [2.05, 4.69) is 15.6 Å². The first-order valence-electron chi connectivity index (χ1n) is 4.17.